The molecule has 0 radical (unpaired) electrons. The minimum Gasteiger partial charge on any atom is -0.481 e. The Labute approximate surface area is 208 Å². The molecule has 13 heteroatoms. The van der Waals surface area contributed by atoms with Crippen LogP contribution < -0.4 is 27.4 Å². The first-order valence-corrected chi connectivity index (χ1v) is 11.3. The fourth-order valence-corrected chi connectivity index (χ4v) is 3.24. The van der Waals surface area contributed by atoms with Crippen LogP contribution in [0.3, 0.4) is 0 Å². The van der Waals surface area contributed by atoms with Gasteiger partial charge in [-0.1, -0.05) is 50.6 Å². The van der Waals surface area contributed by atoms with Gasteiger partial charge in [0.25, 0.3) is 0 Å². The molecule has 5 atom stereocenters. The Morgan fingerprint density at radius 1 is 0.861 bits per heavy atom. The summed E-state index contributed by atoms with van der Waals surface area (Å²) in [6.07, 6.45) is -0.880. The van der Waals surface area contributed by atoms with Gasteiger partial charge < -0.3 is 37.6 Å². The van der Waals surface area contributed by atoms with E-state index in [0.717, 1.165) is 0 Å². The van der Waals surface area contributed by atoms with Crippen molar-refractivity contribution in [3.05, 3.63) is 35.9 Å². The number of carbonyl (C=O) groups is 6. The summed E-state index contributed by atoms with van der Waals surface area (Å²) < 4.78 is 0. The van der Waals surface area contributed by atoms with E-state index in [1.807, 2.05) is 0 Å². The number of carboxylic acid groups (broad SMARTS) is 2. The first kappa shape index (κ1) is 30.0. The van der Waals surface area contributed by atoms with Gasteiger partial charge in [-0.05, 0) is 11.5 Å². The highest BCUT2D eigenvalue weighted by Gasteiger charge is 2.33. The third kappa shape index (κ3) is 10.1. The normalized spacial score (nSPS) is 14.9. The third-order valence-electron chi connectivity index (χ3n) is 5.46. The number of hydrogen-bond acceptors (Lipinski definition) is 7. The summed E-state index contributed by atoms with van der Waals surface area (Å²) in [5.74, 6) is -6.64. The van der Waals surface area contributed by atoms with Gasteiger partial charge in [0.15, 0.2) is 0 Å². The Morgan fingerprint density at radius 3 is 1.94 bits per heavy atom. The van der Waals surface area contributed by atoms with E-state index < -0.39 is 78.5 Å². The van der Waals surface area contributed by atoms with Crippen LogP contribution in [0.4, 0.5) is 0 Å². The maximum atomic E-state index is 13.2. The molecular weight excluding hydrogens is 474 g/mol. The number of primary amides is 1. The molecule has 0 heterocycles. The van der Waals surface area contributed by atoms with Crippen LogP contribution in [0, 0.1) is 5.92 Å². The van der Waals surface area contributed by atoms with Crippen LogP contribution in [0.5, 0.6) is 0 Å². The molecule has 1 aromatic carbocycles. The highest BCUT2D eigenvalue weighted by atomic mass is 16.4. The first-order valence-electron chi connectivity index (χ1n) is 11.3. The van der Waals surface area contributed by atoms with E-state index in [4.69, 9.17) is 16.6 Å². The number of aliphatic carboxylic acids is 2. The largest absolute Gasteiger partial charge is 0.481 e. The second-order valence-corrected chi connectivity index (χ2v) is 8.40. The lowest BCUT2D eigenvalue weighted by Crippen LogP contribution is -2.59. The molecule has 5 unspecified atom stereocenters. The molecule has 0 bridgehead atoms. The molecule has 0 saturated carbocycles. The lowest BCUT2D eigenvalue weighted by Gasteiger charge is -2.28. The summed E-state index contributed by atoms with van der Waals surface area (Å²) in [4.78, 5) is 72.0. The van der Waals surface area contributed by atoms with Crippen molar-refractivity contribution < 1.29 is 39.0 Å². The quantitative estimate of drug-likeness (QED) is 0.146. The van der Waals surface area contributed by atoms with E-state index >= 15 is 0 Å². The first-order chi connectivity index (χ1) is 16.8. The molecule has 0 saturated heterocycles. The van der Waals surface area contributed by atoms with Crippen molar-refractivity contribution in [2.24, 2.45) is 17.4 Å². The Morgan fingerprint density at radius 2 is 1.44 bits per heavy atom. The molecule has 198 valence electrons. The molecule has 0 fully saturated rings. The number of amides is 4. The summed E-state index contributed by atoms with van der Waals surface area (Å²) in [6, 6.07) is 3.11. The second kappa shape index (κ2) is 14.4. The molecule has 36 heavy (non-hydrogen) atoms. The molecule has 0 aliphatic rings. The second-order valence-electron chi connectivity index (χ2n) is 8.40. The summed E-state index contributed by atoms with van der Waals surface area (Å²) >= 11 is 0. The van der Waals surface area contributed by atoms with Gasteiger partial charge in [0.05, 0.1) is 18.9 Å². The number of carboxylic acids is 2. The number of benzene rings is 1. The molecule has 0 aliphatic carbocycles. The highest BCUT2D eigenvalue weighted by Crippen LogP contribution is 2.11. The smallest absolute Gasteiger partial charge is 0.326 e. The summed E-state index contributed by atoms with van der Waals surface area (Å²) in [5.41, 5.74) is 11.4. The van der Waals surface area contributed by atoms with Crippen LogP contribution in [-0.4, -0.2) is 69.9 Å². The van der Waals surface area contributed by atoms with Gasteiger partial charge in [-0.25, -0.2) is 4.79 Å². The molecule has 4 amide bonds. The van der Waals surface area contributed by atoms with Crippen LogP contribution >= 0.6 is 0 Å². The van der Waals surface area contributed by atoms with E-state index in [1.54, 1.807) is 44.2 Å². The highest BCUT2D eigenvalue weighted by molar-refractivity contribution is 5.95. The van der Waals surface area contributed by atoms with Gasteiger partial charge in [0, 0.05) is 6.42 Å². The average Bonchev–Trinajstić information content (AvgIpc) is 2.80. The van der Waals surface area contributed by atoms with Gasteiger partial charge in [0.1, 0.15) is 18.1 Å². The standard InChI is InChI=1S/C23H33N5O8/c1-3-12(2)19(28-20(32)14(24)10-17(25)29)22(34)26-15(9-13-7-5-4-6-8-13)21(33)27-16(23(35)36)11-18(30)31/h4-8,12,14-16,19H,3,9-11,24H2,1-2H3,(H2,25,29)(H,26,34)(H,27,33)(H,28,32)(H,30,31)(H,35,36). The fraction of sp³-hybridized carbons (Fsp3) is 0.478. The lowest BCUT2D eigenvalue weighted by atomic mass is 9.96. The molecular formula is C23H33N5O8. The van der Waals surface area contributed by atoms with Crippen molar-refractivity contribution in [2.45, 2.75) is 63.7 Å². The van der Waals surface area contributed by atoms with Crippen LogP contribution in [0.15, 0.2) is 30.3 Å². The zero-order chi connectivity index (χ0) is 27.4. The number of nitrogens with one attached hydrogen (secondary N) is 3. The van der Waals surface area contributed by atoms with Crippen molar-refractivity contribution >= 4 is 35.6 Å². The van der Waals surface area contributed by atoms with Gasteiger partial charge in [-0.15, -0.1) is 0 Å². The van der Waals surface area contributed by atoms with Gasteiger partial charge in [0.2, 0.25) is 23.6 Å². The SMILES string of the molecule is CCC(C)C(NC(=O)C(N)CC(N)=O)C(=O)NC(Cc1ccccc1)C(=O)NC(CC(=O)O)C(=O)O. The van der Waals surface area contributed by atoms with Crippen LogP contribution in [0.1, 0.15) is 38.7 Å². The van der Waals surface area contributed by atoms with Crippen LogP contribution in [0.25, 0.3) is 0 Å². The monoisotopic (exact) mass is 507 g/mol. The fourth-order valence-electron chi connectivity index (χ4n) is 3.24. The Bertz CT molecular complexity index is 955. The summed E-state index contributed by atoms with van der Waals surface area (Å²) in [7, 11) is 0. The van der Waals surface area contributed by atoms with Gasteiger partial charge >= 0.3 is 11.9 Å². The average molecular weight is 508 g/mol. The molecule has 0 aromatic heterocycles. The lowest BCUT2D eigenvalue weighted by molar-refractivity contribution is -0.147. The molecule has 1 rings (SSSR count). The number of rotatable bonds is 15. The number of nitrogens with two attached hydrogens (primary N) is 2. The van der Waals surface area contributed by atoms with Crippen LogP contribution in [-0.2, 0) is 35.2 Å². The van der Waals surface area contributed by atoms with Crippen LogP contribution in [0.2, 0.25) is 0 Å². The Kier molecular flexibility index (Phi) is 12.0. The minimum absolute atomic E-state index is 0.0415. The van der Waals surface area contributed by atoms with Crippen molar-refractivity contribution in [1.29, 1.82) is 0 Å². The summed E-state index contributed by atoms with van der Waals surface area (Å²) in [5, 5.41) is 25.4. The Hall–Kier alpha value is -4.00. The zero-order valence-corrected chi connectivity index (χ0v) is 20.1. The third-order valence-corrected chi connectivity index (χ3v) is 5.46. The molecule has 13 nitrogen and oxygen atoms in total. The zero-order valence-electron chi connectivity index (χ0n) is 20.1. The van der Waals surface area contributed by atoms with Crippen molar-refractivity contribution in [1.82, 2.24) is 16.0 Å². The van der Waals surface area contributed by atoms with E-state index in [-0.39, 0.29) is 6.42 Å². The van der Waals surface area contributed by atoms with Crippen molar-refractivity contribution in [2.75, 3.05) is 0 Å². The minimum atomic E-state index is -1.72. The maximum absolute atomic E-state index is 13.2. The molecule has 9 N–H and O–H groups in total. The topological polar surface area (TPSA) is 231 Å². The van der Waals surface area contributed by atoms with E-state index in [2.05, 4.69) is 16.0 Å². The number of hydrogen-bond donors (Lipinski definition) is 7. The van der Waals surface area contributed by atoms with Gasteiger partial charge in [-0.3, -0.25) is 24.0 Å². The molecule has 0 aliphatic heterocycles. The Balaban J connectivity index is 3.16. The van der Waals surface area contributed by atoms with E-state index in [9.17, 15) is 33.9 Å². The van der Waals surface area contributed by atoms with Crippen molar-refractivity contribution in [3.8, 4) is 0 Å². The number of carbonyl (C=O) groups excluding carboxylic acids is 4. The van der Waals surface area contributed by atoms with Gasteiger partial charge in [-0.2, -0.15) is 0 Å². The maximum Gasteiger partial charge on any atom is 0.326 e. The van der Waals surface area contributed by atoms with E-state index in [1.165, 1.54) is 0 Å². The predicted molar refractivity (Wildman–Crippen MR) is 127 cm³/mol. The molecule has 1 aromatic rings. The molecule has 0 spiro atoms. The predicted octanol–water partition coefficient (Wildman–Crippen LogP) is -1.51. The summed E-state index contributed by atoms with van der Waals surface area (Å²) in [6.45, 7) is 3.46. The van der Waals surface area contributed by atoms with Crippen molar-refractivity contribution in [3.63, 3.8) is 0 Å². The van der Waals surface area contributed by atoms with E-state index in [0.29, 0.717) is 12.0 Å².